The first kappa shape index (κ1) is 7.33. The second-order valence-electron chi connectivity index (χ2n) is 2.96. The van der Waals surface area contributed by atoms with Gasteiger partial charge in [-0.2, -0.15) is 0 Å². The molecule has 0 spiro atoms. The van der Waals surface area contributed by atoms with Crippen molar-refractivity contribution in [3.8, 4) is 0 Å². The highest BCUT2D eigenvalue weighted by Gasteiger charge is 2.15. The smallest absolute Gasteiger partial charge is 0.123 e. The van der Waals surface area contributed by atoms with Crippen molar-refractivity contribution in [2.24, 2.45) is 0 Å². The van der Waals surface area contributed by atoms with Gasteiger partial charge in [0.1, 0.15) is 5.82 Å². The van der Waals surface area contributed by atoms with E-state index in [1.54, 1.807) is 6.07 Å². The van der Waals surface area contributed by atoms with Crippen molar-refractivity contribution in [3.05, 3.63) is 47.5 Å². The van der Waals surface area contributed by atoms with E-state index in [0.717, 1.165) is 24.0 Å². The number of aryl methyl sites for hydroxylation is 1. The number of allylic oxidation sites excluding steroid dienone is 1. The van der Waals surface area contributed by atoms with Crippen molar-refractivity contribution in [3.63, 3.8) is 0 Å². The summed E-state index contributed by atoms with van der Waals surface area (Å²) < 4.78 is 12.8. The SMILES string of the molecule is C=C=C1CCc2ccc(F)cc21. The molecule has 0 nitrogen and oxygen atoms in total. The van der Waals surface area contributed by atoms with Crippen molar-refractivity contribution >= 4 is 5.57 Å². The molecular formula is C11H9F. The van der Waals surface area contributed by atoms with Crippen LogP contribution in [0.1, 0.15) is 17.5 Å². The highest BCUT2D eigenvalue weighted by Crippen LogP contribution is 2.31. The Kier molecular flexibility index (Phi) is 1.60. The van der Waals surface area contributed by atoms with Gasteiger partial charge in [-0.05, 0) is 36.1 Å². The molecule has 12 heavy (non-hydrogen) atoms. The van der Waals surface area contributed by atoms with E-state index in [1.165, 1.54) is 11.6 Å². The molecule has 0 radical (unpaired) electrons. The molecule has 0 unspecified atom stereocenters. The van der Waals surface area contributed by atoms with Gasteiger partial charge >= 0.3 is 0 Å². The predicted molar refractivity (Wildman–Crippen MR) is 47.3 cm³/mol. The van der Waals surface area contributed by atoms with Crippen LogP contribution in [-0.4, -0.2) is 0 Å². The summed E-state index contributed by atoms with van der Waals surface area (Å²) in [6.45, 7) is 3.59. The third-order valence-electron chi connectivity index (χ3n) is 2.25. The van der Waals surface area contributed by atoms with E-state index in [1.807, 2.05) is 6.07 Å². The fraction of sp³-hybridized carbons (Fsp3) is 0.182. The molecule has 0 aliphatic heterocycles. The van der Waals surface area contributed by atoms with E-state index in [9.17, 15) is 4.39 Å². The van der Waals surface area contributed by atoms with Gasteiger partial charge in [-0.3, -0.25) is 0 Å². The number of hydrogen-bond acceptors (Lipinski definition) is 0. The zero-order chi connectivity index (χ0) is 8.55. The molecule has 0 saturated heterocycles. The monoisotopic (exact) mass is 160 g/mol. The molecule has 1 heteroatoms. The number of fused-ring (bicyclic) bond motifs is 1. The van der Waals surface area contributed by atoms with E-state index in [2.05, 4.69) is 12.3 Å². The molecule has 2 rings (SSSR count). The van der Waals surface area contributed by atoms with Gasteiger partial charge in [0.2, 0.25) is 0 Å². The molecule has 0 N–H and O–H groups in total. The summed E-state index contributed by atoms with van der Waals surface area (Å²) in [5, 5.41) is 0. The molecule has 0 bridgehead atoms. The molecule has 0 saturated carbocycles. The molecule has 1 aromatic carbocycles. The highest BCUT2D eigenvalue weighted by molar-refractivity contribution is 5.71. The summed E-state index contributed by atoms with van der Waals surface area (Å²) in [4.78, 5) is 0. The van der Waals surface area contributed by atoms with Crippen molar-refractivity contribution in [1.82, 2.24) is 0 Å². The molecular weight excluding hydrogens is 151 g/mol. The lowest BCUT2D eigenvalue weighted by atomic mass is 10.1. The van der Waals surface area contributed by atoms with Crippen LogP contribution in [0.25, 0.3) is 5.57 Å². The number of benzene rings is 1. The van der Waals surface area contributed by atoms with Gasteiger partial charge in [0.15, 0.2) is 0 Å². The fourth-order valence-corrected chi connectivity index (χ4v) is 1.63. The highest BCUT2D eigenvalue weighted by atomic mass is 19.1. The summed E-state index contributed by atoms with van der Waals surface area (Å²) in [6.07, 6.45) is 1.94. The minimum Gasteiger partial charge on any atom is -0.207 e. The molecule has 0 amide bonds. The Labute approximate surface area is 71.0 Å². The van der Waals surface area contributed by atoms with Gasteiger partial charge in [0.25, 0.3) is 0 Å². The van der Waals surface area contributed by atoms with Crippen molar-refractivity contribution in [2.45, 2.75) is 12.8 Å². The first-order valence-corrected chi connectivity index (χ1v) is 3.99. The van der Waals surface area contributed by atoms with E-state index in [0.29, 0.717) is 0 Å². The normalized spacial score (nSPS) is 14.2. The second-order valence-corrected chi connectivity index (χ2v) is 2.96. The van der Waals surface area contributed by atoms with Crippen LogP contribution in [0.2, 0.25) is 0 Å². The fourth-order valence-electron chi connectivity index (χ4n) is 1.63. The summed E-state index contributed by atoms with van der Waals surface area (Å²) in [5.74, 6) is -0.177. The van der Waals surface area contributed by atoms with Crippen molar-refractivity contribution < 1.29 is 4.39 Å². The average Bonchev–Trinajstić information content (AvgIpc) is 2.46. The first-order chi connectivity index (χ1) is 5.81. The quantitative estimate of drug-likeness (QED) is 0.512. The van der Waals surface area contributed by atoms with Crippen LogP contribution in [0, 0.1) is 5.82 Å². The molecule has 1 aromatic rings. The minimum atomic E-state index is -0.177. The van der Waals surface area contributed by atoms with Gasteiger partial charge < -0.3 is 0 Å². The molecule has 0 atom stereocenters. The maximum Gasteiger partial charge on any atom is 0.123 e. The van der Waals surface area contributed by atoms with Gasteiger partial charge in [-0.1, -0.05) is 12.6 Å². The van der Waals surface area contributed by atoms with Crippen LogP contribution in [0.15, 0.2) is 30.5 Å². The van der Waals surface area contributed by atoms with Gasteiger partial charge in [-0.15, -0.1) is 5.73 Å². The summed E-state index contributed by atoms with van der Waals surface area (Å²) in [7, 11) is 0. The lowest BCUT2D eigenvalue weighted by molar-refractivity contribution is 0.627. The molecule has 0 heterocycles. The summed E-state index contributed by atoms with van der Waals surface area (Å²) in [5.41, 5.74) is 6.09. The second kappa shape index (κ2) is 2.62. The van der Waals surface area contributed by atoms with Gasteiger partial charge in [0, 0.05) is 5.57 Å². The minimum absolute atomic E-state index is 0.177. The largest absolute Gasteiger partial charge is 0.207 e. The summed E-state index contributed by atoms with van der Waals surface area (Å²) in [6, 6.07) is 4.91. The predicted octanol–water partition coefficient (Wildman–Crippen LogP) is 2.94. The Balaban J connectivity index is 2.64. The zero-order valence-electron chi connectivity index (χ0n) is 6.73. The first-order valence-electron chi connectivity index (χ1n) is 3.99. The van der Waals surface area contributed by atoms with Crippen molar-refractivity contribution in [1.29, 1.82) is 0 Å². The third kappa shape index (κ3) is 0.992. The van der Waals surface area contributed by atoms with Crippen LogP contribution >= 0.6 is 0 Å². The van der Waals surface area contributed by atoms with E-state index >= 15 is 0 Å². The van der Waals surface area contributed by atoms with Crippen LogP contribution in [0.3, 0.4) is 0 Å². The van der Waals surface area contributed by atoms with Gasteiger partial charge in [0.05, 0.1) is 0 Å². The molecule has 0 fully saturated rings. The molecule has 60 valence electrons. The number of hydrogen-bond donors (Lipinski definition) is 0. The topological polar surface area (TPSA) is 0 Å². The van der Waals surface area contributed by atoms with Crippen LogP contribution in [-0.2, 0) is 6.42 Å². The van der Waals surface area contributed by atoms with E-state index in [4.69, 9.17) is 0 Å². The van der Waals surface area contributed by atoms with Crippen LogP contribution < -0.4 is 0 Å². The lowest BCUT2D eigenvalue weighted by Gasteiger charge is -1.97. The van der Waals surface area contributed by atoms with Crippen molar-refractivity contribution in [2.75, 3.05) is 0 Å². The standard InChI is InChI=1S/C11H9F/c1-2-8-3-4-9-5-6-10(12)7-11(8)9/h5-7H,1,3-4H2. The van der Waals surface area contributed by atoms with E-state index < -0.39 is 0 Å². The number of halogens is 1. The molecule has 1 aliphatic carbocycles. The lowest BCUT2D eigenvalue weighted by Crippen LogP contribution is -1.82. The Morgan fingerprint density at radius 3 is 2.92 bits per heavy atom. The maximum atomic E-state index is 12.8. The maximum absolute atomic E-state index is 12.8. The third-order valence-corrected chi connectivity index (χ3v) is 2.25. The molecule has 1 aliphatic rings. The summed E-state index contributed by atoms with van der Waals surface area (Å²) >= 11 is 0. The Morgan fingerprint density at radius 2 is 2.17 bits per heavy atom. The van der Waals surface area contributed by atoms with E-state index in [-0.39, 0.29) is 5.82 Å². The zero-order valence-corrected chi connectivity index (χ0v) is 6.73. The average molecular weight is 160 g/mol. The Morgan fingerprint density at radius 1 is 1.33 bits per heavy atom. The Bertz CT molecular complexity index is 371. The number of rotatable bonds is 0. The molecule has 0 aromatic heterocycles. The Hall–Kier alpha value is -1.33. The van der Waals surface area contributed by atoms with Crippen LogP contribution in [0.5, 0.6) is 0 Å². The van der Waals surface area contributed by atoms with Gasteiger partial charge in [-0.25, -0.2) is 4.39 Å². The van der Waals surface area contributed by atoms with Crippen LogP contribution in [0.4, 0.5) is 4.39 Å².